The predicted molar refractivity (Wildman–Crippen MR) is 87.6 cm³/mol. The summed E-state index contributed by atoms with van der Waals surface area (Å²) in [6, 6.07) is 7.48. The molecule has 2 amide bonds. The van der Waals surface area contributed by atoms with E-state index in [0.29, 0.717) is 25.2 Å². The molecular formula is C17H21N3O3. The molecule has 1 fully saturated rings. The predicted octanol–water partition coefficient (Wildman–Crippen LogP) is 2.63. The first-order chi connectivity index (χ1) is 11.0. The zero-order chi connectivity index (χ0) is 16.6. The van der Waals surface area contributed by atoms with Crippen molar-refractivity contribution in [3.63, 3.8) is 0 Å². The summed E-state index contributed by atoms with van der Waals surface area (Å²) < 4.78 is 0. The van der Waals surface area contributed by atoms with Gasteiger partial charge in [-0.25, -0.2) is 4.79 Å². The van der Waals surface area contributed by atoms with Gasteiger partial charge >= 0.3 is 6.09 Å². The van der Waals surface area contributed by atoms with Crippen LogP contribution >= 0.6 is 0 Å². The van der Waals surface area contributed by atoms with Crippen LogP contribution in [0.5, 0.6) is 0 Å². The number of rotatable bonds is 2. The molecule has 2 N–H and O–H groups in total. The highest BCUT2D eigenvalue weighted by molar-refractivity contribution is 5.98. The molecule has 0 radical (unpaired) electrons. The van der Waals surface area contributed by atoms with Gasteiger partial charge in [0.25, 0.3) is 5.91 Å². The summed E-state index contributed by atoms with van der Waals surface area (Å²) in [5.74, 6) is 0.153. The highest BCUT2D eigenvalue weighted by Gasteiger charge is 2.34. The number of carboxylic acid groups (broad SMARTS) is 1. The lowest BCUT2D eigenvalue weighted by Crippen LogP contribution is -2.58. The number of fused-ring (bicyclic) bond motifs is 1. The quantitative estimate of drug-likeness (QED) is 0.894. The molecule has 1 aromatic heterocycles. The van der Waals surface area contributed by atoms with Crippen molar-refractivity contribution in [1.29, 1.82) is 0 Å². The molecule has 1 atom stereocenters. The van der Waals surface area contributed by atoms with Gasteiger partial charge in [0.15, 0.2) is 0 Å². The van der Waals surface area contributed by atoms with E-state index in [-0.39, 0.29) is 17.9 Å². The normalized spacial score (nSPS) is 18.7. The summed E-state index contributed by atoms with van der Waals surface area (Å²) in [7, 11) is 0. The van der Waals surface area contributed by atoms with Crippen LogP contribution in [-0.4, -0.2) is 57.6 Å². The number of benzene rings is 1. The van der Waals surface area contributed by atoms with Crippen LogP contribution in [0.4, 0.5) is 4.79 Å². The fraction of sp³-hybridized carbons (Fsp3) is 0.412. The number of nitrogens with one attached hydrogen (secondary N) is 1. The average Bonchev–Trinajstić information content (AvgIpc) is 3.00. The minimum Gasteiger partial charge on any atom is -0.465 e. The summed E-state index contributed by atoms with van der Waals surface area (Å²) in [4.78, 5) is 30.4. The van der Waals surface area contributed by atoms with Crippen LogP contribution in [0.3, 0.4) is 0 Å². The number of nitrogens with zero attached hydrogens (tertiary/aromatic N) is 2. The summed E-state index contributed by atoms with van der Waals surface area (Å²) >= 11 is 0. The monoisotopic (exact) mass is 315 g/mol. The number of hydrogen-bond acceptors (Lipinski definition) is 2. The first-order valence-electron chi connectivity index (χ1n) is 7.83. The minimum absolute atomic E-state index is 0.0368. The van der Waals surface area contributed by atoms with E-state index in [2.05, 4.69) is 4.98 Å². The molecule has 6 nitrogen and oxygen atoms in total. The van der Waals surface area contributed by atoms with Gasteiger partial charge < -0.3 is 19.9 Å². The van der Waals surface area contributed by atoms with Gasteiger partial charge in [-0.2, -0.15) is 0 Å². The van der Waals surface area contributed by atoms with E-state index < -0.39 is 6.09 Å². The fourth-order valence-electron chi connectivity index (χ4n) is 3.15. The second-order valence-electron chi connectivity index (χ2n) is 6.32. The van der Waals surface area contributed by atoms with Gasteiger partial charge in [0.1, 0.15) is 0 Å². The maximum absolute atomic E-state index is 12.9. The van der Waals surface area contributed by atoms with Gasteiger partial charge in [0, 0.05) is 36.9 Å². The van der Waals surface area contributed by atoms with Crippen molar-refractivity contribution in [2.24, 2.45) is 5.92 Å². The minimum atomic E-state index is -0.921. The Balaban J connectivity index is 1.86. The highest BCUT2D eigenvalue weighted by Crippen LogP contribution is 2.22. The Bertz CT molecular complexity index is 738. The maximum atomic E-state index is 12.9. The zero-order valence-corrected chi connectivity index (χ0v) is 13.3. The van der Waals surface area contributed by atoms with Crippen molar-refractivity contribution < 1.29 is 14.7 Å². The number of amides is 2. The lowest BCUT2D eigenvalue weighted by atomic mass is 9.98. The van der Waals surface area contributed by atoms with Gasteiger partial charge in [-0.15, -0.1) is 0 Å². The van der Waals surface area contributed by atoms with E-state index >= 15 is 0 Å². The van der Waals surface area contributed by atoms with E-state index in [1.54, 1.807) is 0 Å². The summed E-state index contributed by atoms with van der Waals surface area (Å²) in [5, 5.41) is 10.3. The second kappa shape index (κ2) is 5.95. The second-order valence-corrected chi connectivity index (χ2v) is 6.32. The Hall–Kier alpha value is -2.50. The van der Waals surface area contributed by atoms with Crippen LogP contribution in [0.2, 0.25) is 0 Å². The summed E-state index contributed by atoms with van der Waals surface area (Å²) in [6.45, 7) is 5.18. The number of hydrogen-bond donors (Lipinski definition) is 2. The molecule has 2 aromatic rings. The Labute approximate surface area is 134 Å². The number of aromatic amines is 1. The van der Waals surface area contributed by atoms with Crippen LogP contribution in [0.1, 0.15) is 24.2 Å². The van der Waals surface area contributed by atoms with Crippen LogP contribution in [0.25, 0.3) is 10.9 Å². The van der Waals surface area contributed by atoms with E-state index in [0.717, 1.165) is 10.9 Å². The first-order valence-corrected chi connectivity index (χ1v) is 7.83. The molecule has 122 valence electrons. The Morgan fingerprint density at radius 2 is 2.04 bits per heavy atom. The first kappa shape index (κ1) is 15.4. The molecule has 6 heteroatoms. The number of carbonyl (C=O) groups excluding carboxylic acids is 1. The molecule has 0 saturated carbocycles. The molecule has 1 aromatic carbocycles. The molecule has 0 aliphatic carbocycles. The summed E-state index contributed by atoms with van der Waals surface area (Å²) in [6.07, 6.45) is 0.928. The van der Waals surface area contributed by atoms with E-state index in [1.165, 1.54) is 4.90 Å². The van der Waals surface area contributed by atoms with Crippen LogP contribution in [0.15, 0.2) is 30.5 Å². The van der Waals surface area contributed by atoms with Crippen LogP contribution in [-0.2, 0) is 0 Å². The zero-order valence-electron chi connectivity index (χ0n) is 13.3. The van der Waals surface area contributed by atoms with Crippen molar-refractivity contribution >= 4 is 22.9 Å². The molecular weight excluding hydrogens is 294 g/mol. The molecule has 0 spiro atoms. The standard InChI is InChI=1S/C17H21N3O3/c1-11(2)15-10-19(17(22)23)7-8-20(15)16(21)13-4-3-12-5-6-18-14(12)9-13/h3-6,9,11,15,18H,7-8,10H2,1-2H3,(H,22,23). The summed E-state index contributed by atoms with van der Waals surface area (Å²) in [5.41, 5.74) is 1.57. The average molecular weight is 315 g/mol. The Kier molecular flexibility index (Phi) is 3.98. The highest BCUT2D eigenvalue weighted by atomic mass is 16.4. The largest absolute Gasteiger partial charge is 0.465 e. The third kappa shape index (κ3) is 2.88. The molecule has 23 heavy (non-hydrogen) atoms. The Morgan fingerprint density at radius 1 is 1.26 bits per heavy atom. The lowest BCUT2D eigenvalue weighted by Gasteiger charge is -2.42. The van der Waals surface area contributed by atoms with Gasteiger partial charge in [-0.3, -0.25) is 4.79 Å². The van der Waals surface area contributed by atoms with E-state index in [1.807, 2.05) is 49.2 Å². The third-order valence-corrected chi connectivity index (χ3v) is 4.52. The van der Waals surface area contributed by atoms with Gasteiger partial charge in [-0.05, 0) is 29.5 Å². The number of piperazine rings is 1. The van der Waals surface area contributed by atoms with Crippen molar-refractivity contribution in [2.75, 3.05) is 19.6 Å². The number of carbonyl (C=O) groups is 2. The smallest absolute Gasteiger partial charge is 0.407 e. The molecule has 1 aliphatic heterocycles. The lowest BCUT2D eigenvalue weighted by molar-refractivity contribution is 0.0353. The van der Waals surface area contributed by atoms with E-state index in [9.17, 15) is 14.7 Å². The van der Waals surface area contributed by atoms with Crippen molar-refractivity contribution in [3.8, 4) is 0 Å². The number of aromatic nitrogens is 1. The third-order valence-electron chi connectivity index (χ3n) is 4.52. The van der Waals surface area contributed by atoms with Gasteiger partial charge in [-0.1, -0.05) is 19.9 Å². The van der Waals surface area contributed by atoms with Crippen molar-refractivity contribution in [1.82, 2.24) is 14.8 Å². The SMILES string of the molecule is CC(C)C1CN(C(=O)O)CCN1C(=O)c1ccc2cc[nH]c2c1. The molecule has 3 rings (SSSR count). The Morgan fingerprint density at radius 3 is 2.74 bits per heavy atom. The van der Waals surface area contributed by atoms with Crippen molar-refractivity contribution in [2.45, 2.75) is 19.9 Å². The van der Waals surface area contributed by atoms with Crippen LogP contribution in [0, 0.1) is 5.92 Å². The molecule has 1 unspecified atom stereocenters. The topological polar surface area (TPSA) is 76.6 Å². The van der Waals surface area contributed by atoms with Crippen molar-refractivity contribution in [3.05, 3.63) is 36.0 Å². The van der Waals surface area contributed by atoms with Gasteiger partial charge in [0.2, 0.25) is 0 Å². The molecule has 0 bridgehead atoms. The molecule has 1 saturated heterocycles. The molecule has 1 aliphatic rings. The molecule has 2 heterocycles. The van der Waals surface area contributed by atoms with Crippen LogP contribution < -0.4 is 0 Å². The fourth-order valence-corrected chi connectivity index (χ4v) is 3.15. The maximum Gasteiger partial charge on any atom is 0.407 e. The van der Waals surface area contributed by atoms with Gasteiger partial charge in [0.05, 0.1) is 6.04 Å². The number of H-pyrrole nitrogens is 1. The van der Waals surface area contributed by atoms with E-state index in [4.69, 9.17) is 0 Å².